The monoisotopic (exact) mass is 804 g/mol. The van der Waals surface area contributed by atoms with Crippen molar-refractivity contribution >= 4 is 75.4 Å². The number of hydrogen-bond donors (Lipinski definition) is 2. The van der Waals surface area contributed by atoms with E-state index in [-0.39, 0.29) is 49.6 Å². The van der Waals surface area contributed by atoms with Crippen LogP contribution >= 0.6 is 34.8 Å². The number of carbonyl (C=O) groups is 3. The summed E-state index contributed by atoms with van der Waals surface area (Å²) in [6.07, 6.45) is 1.86. The number of rotatable bonds is 13. The molecule has 4 aromatic rings. The SMILES string of the molecule is CCC(C)(C)c1ccc(OCC(=O)Nc2cccc(C(=O)NC3=NN(c4c(Cl)cc(Cl)cc4Cl)C(=O)C3N=Nc3ccc(OC)cc3)c2)c(C(C)(C)CC)c1. The average molecular weight is 806 g/mol. The number of nitrogens with one attached hydrogen (secondary N) is 2. The number of hydrogen-bond acceptors (Lipinski definition) is 8. The van der Waals surface area contributed by atoms with E-state index in [2.05, 4.69) is 79.6 Å². The second kappa shape index (κ2) is 17.2. The van der Waals surface area contributed by atoms with E-state index in [0.717, 1.165) is 23.4 Å². The molecule has 14 heteroatoms. The Morgan fingerprint density at radius 3 is 2.18 bits per heavy atom. The molecule has 55 heavy (non-hydrogen) atoms. The second-order valence-corrected chi connectivity index (χ2v) is 15.5. The maximum Gasteiger partial charge on any atom is 0.282 e. The maximum atomic E-state index is 13.7. The lowest BCUT2D eigenvalue weighted by molar-refractivity contribution is -0.118. The lowest BCUT2D eigenvalue weighted by Crippen LogP contribution is -2.39. The summed E-state index contributed by atoms with van der Waals surface area (Å²) in [6.45, 7) is 12.8. The van der Waals surface area contributed by atoms with Gasteiger partial charge in [-0.1, -0.05) is 94.5 Å². The number of benzene rings is 4. The number of methoxy groups -OCH3 is 1. The van der Waals surface area contributed by atoms with Crippen LogP contribution in [0.2, 0.25) is 15.1 Å². The molecule has 0 fully saturated rings. The Bertz CT molecular complexity index is 2130. The first kappa shape index (κ1) is 41.2. The Hall–Kier alpha value is -4.97. The van der Waals surface area contributed by atoms with Gasteiger partial charge in [0.15, 0.2) is 12.4 Å². The first-order valence-corrected chi connectivity index (χ1v) is 18.8. The number of azo groups is 1. The van der Waals surface area contributed by atoms with Gasteiger partial charge >= 0.3 is 0 Å². The van der Waals surface area contributed by atoms with Crippen molar-refractivity contribution in [2.24, 2.45) is 15.3 Å². The molecule has 0 aromatic heterocycles. The average Bonchev–Trinajstić information content (AvgIpc) is 3.45. The van der Waals surface area contributed by atoms with Crippen LogP contribution in [0.15, 0.2) is 94.2 Å². The van der Waals surface area contributed by atoms with Gasteiger partial charge in [-0.05, 0) is 89.9 Å². The molecular formula is C41H43Cl3N6O5. The summed E-state index contributed by atoms with van der Waals surface area (Å²) in [5, 5.41) is 19.6. The Kier molecular flexibility index (Phi) is 12.9. The third-order valence-electron chi connectivity index (χ3n) is 9.73. The van der Waals surface area contributed by atoms with Crippen LogP contribution in [0.1, 0.15) is 75.9 Å². The summed E-state index contributed by atoms with van der Waals surface area (Å²) >= 11 is 19.0. The van der Waals surface area contributed by atoms with Gasteiger partial charge < -0.3 is 20.1 Å². The van der Waals surface area contributed by atoms with E-state index in [1.165, 1.54) is 30.9 Å². The Balaban J connectivity index is 1.34. The molecule has 288 valence electrons. The molecule has 0 spiro atoms. The molecule has 11 nitrogen and oxygen atoms in total. The van der Waals surface area contributed by atoms with Gasteiger partial charge in [0.25, 0.3) is 17.7 Å². The van der Waals surface area contributed by atoms with Crippen LogP contribution in [0.3, 0.4) is 0 Å². The number of amides is 3. The van der Waals surface area contributed by atoms with Crippen molar-refractivity contribution in [1.82, 2.24) is 5.32 Å². The van der Waals surface area contributed by atoms with Crippen molar-refractivity contribution in [1.29, 1.82) is 0 Å². The minimum atomic E-state index is -1.36. The second-order valence-electron chi connectivity index (χ2n) is 14.2. The van der Waals surface area contributed by atoms with Crippen LogP contribution < -0.4 is 25.1 Å². The lowest BCUT2D eigenvalue weighted by Gasteiger charge is -2.30. The summed E-state index contributed by atoms with van der Waals surface area (Å²) in [5.41, 5.74) is 3.07. The van der Waals surface area contributed by atoms with Crippen molar-refractivity contribution in [3.63, 3.8) is 0 Å². The normalized spacial score (nSPS) is 14.6. The molecule has 0 aliphatic carbocycles. The molecule has 0 saturated carbocycles. The Morgan fingerprint density at radius 2 is 1.55 bits per heavy atom. The van der Waals surface area contributed by atoms with Gasteiger partial charge in [-0.15, -0.1) is 5.10 Å². The summed E-state index contributed by atoms with van der Waals surface area (Å²) in [7, 11) is 1.54. The Morgan fingerprint density at radius 1 is 0.873 bits per heavy atom. The number of hydrazone groups is 1. The van der Waals surface area contributed by atoms with Gasteiger partial charge in [-0.2, -0.15) is 15.2 Å². The van der Waals surface area contributed by atoms with E-state index in [1.807, 2.05) is 6.07 Å². The standard InChI is InChI=1S/C41H43Cl3N6O5/c1-8-40(3,4)25-13-18-33(30(20-25)41(5,6)9-2)55-23-34(51)45-28-12-10-11-24(19-28)38(52)46-37-35(48-47-27-14-16-29(54-7)17-15-27)39(53)50(49-37)36-31(43)21-26(42)22-32(36)44/h10-22,35H,8-9,23H2,1-7H3,(H,45,51)(H,46,49,52). The van der Waals surface area contributed by atoms with E-state index in [0.29, 0.717) is 22.9 Å². The van der Waals surface area contributed by atoms with Crippen LogP contribution in [0.25, 0.3) is 0 Å². The third-order valence-corrected chi connectivity index (χ3v) is 10.5. The quantitative estimate of drug-likeness (QED) is 0.130. The molecule has 1 heterocycles. The fourth-order valence-electron chi connectivity index (χ4n) is 5.58. The highest BCUT2D eigenvalue weighted by Gasteiger charge is 2.40. The zero-order valence-electron chi connectivity index (χ0n) is 31.7. The van der Waals surface area contributed by atoms with E-state index in [1.54, 1.807) is 42.5 Å². The van der Waals surface area contributed by atoms with Crippen LogP contribution in [0.5, 0.6) is 11.5 Å². The summed E-state index contributed by atoms with van der Waals surface area (Å²) in [5.74, 6) is -0.578. The molecule has 5 rings (SSSR count). The third kappa shape index (κ3) is 9.65. The first-order valence-electron chi connectivity index (χ1n) is 17.7. The van der Waals surface area contributed by atoms with E-state index in [4.69, 9.17) is 44.3 Å². The minimum Gasteiger partial charge on any atom is -0.497 e. The number of nitrogens with zero attached hydrogens (tertiary/aromatic N) is 4. The number of carbonyl (C=O) groups excluding carboxylic acids is 3. The van der Waals surface area contributed by atoms with E-state index < -0.39 is 23.8 Å². The number of amidine groups is 1. The zero-order valence-corrected chi connectivity index (χ0v) is 33.9. The van der Waals surface area contributed by atoms with Gasteiger partial charge in [0, 0.05) is 21.8 Å². The molecule has 0 saturated heterocycles. The van der Waals surface area contributed by atoms with Crippen LogP contribution in [0, 0.1) is 0 Å². The molecule has 4 aromatic carbocycles. The summed E-state index contributed by atoms with van der Waals surface area (Å²) in [6, 6.07) is 20.6. The van der Waals surface area contributed by atoms with Gasteiger partial charge in [-0.3, -0.25) is 14.4 Å². The first-order chi connectivity index (χ1) is 26.1. The molecule has 1 unspecified atom stereocenters. The minimum absolute atomic E-state index is 0.00846. The Labute approximate surface area is 336 Å². The number of ether oxygens (including phenoxy) is 2. The maximum absolute atomic E-state index is 13.7. The molecule has 0 bridgehead atoms. The zero-order chi connectivity index (χ0) is 40.1. The summed E-state index contributed by atoms with van der Waals surface area (Å²) in [4.78, 5) is 40.5. The smallest absolute Gasteiger partial charge is 0.282 e. The van der Waals surface area contributed by atoms with Gasteiger partial charge in [-0.25, -0.2) is 0 Å². The highest BCUT2D eigenvalue weighted by Crippen LogP contribution is 2.40. The van der Waals surface area contributed by atoms with Crippen molar-refractivity contribution in [3.05, 3.63) is 111 Å². The molecular weight excluding hydrogens is 763 g/mol. The lowest BCUT2D eigenvalue weighted by atomic mass is 9.76. The number of halogens is 3. The molecule has 1 aliphatic rings. The van der Waals surface area contributed by atoms with Gasteiger partial charge in [0.05, 0.1) is 22.8 Å². The number of anilines is 2. The van der Waals surface area contributed by atoms with Gasteiger partial charge in [0.2, 0.25) is 6.04 Å². The predicted octanol–water partition coefficient (Wildman–Crippen LogP) is 10.3. The topological polar surface area (TPSA) is 134 Å². The van der Waals surface area contributed by atoms with Crippen LogP contribution in [-0.4, -0.2) is 43.3 Å². The molecule has 2 N–H and O–H groups in total. The van der Waals surface area contributed by atoms with Crippen LogP contribution in [0.4, 0.5) is 17.1 Å². The van der Waals surface area contributed by atoms with Crippen LogP contribution in [-0.2, 0) is 20.4 Å². The van der Waals surface area contributed by atoms with Gasteiger partial charge in [0.1, 0.15) is 17.2 Å². The van der Waals surface area contributed by atoms with E-state index >= 15 is 0 Å². The van der Waals surface area contributed by atoms with Crippen molar-refractivity contribution in [2.75, 3.05) is 24.0 Å². The fourth-order valence-corrected chi connectivity index (χ4v) is 6.56. The predicted molar refractivity (Wildman–Crippen MR) is 219 cm³/mol. The van der Waals surface area contributed by atoms with Crippen molar-refractivity contribution < 1.29 is 23.9 Å². The van der Waals surface area contributed by atoms with Crippen molar-refractivity contribution in [2.45, 2.75) is 71.3 Å². The summed E-state index contributed by atoms with van der Waals surface area (Å²) < 4.78 is 11.3. The largest absolute Gasteiger partial charge is 0.497 e. The molecule has 1 aliphatic heterocycles. The highest BCUT2D eigenvalue weighted by molar-refractivity contribution is 6.43. The van der Waals surface area contributed by atoms with Crippen molar-refractivity contribution in [3.8, 4) is 11.5 Å². The van der Waals surface area contributed by atoms with E-state index in [9.17, 15) is 14.4 Å². The molecule has 0 radical (unpaired) electrons. The highest BCUT2D eigenvalue weighted by atomic mass is 35.5. The molecule has 3 amide bonds. The molecule has 1 atom stereocenters. The fraction of sp³-hybridized carbons (Fsp3) is 0.317.